The molecule has 0 spiro atoms. The predicted molar refractivity (Wildman–Crippen MR) is 65.1 cm³/mol. The lowest BCUT2D eigenvalue weighted by molar-refractivity contribution is 0.0693. The molecule has 2 aromatic rings. The van der Waals surface area contributed by atoms with Gasteiger partial charge in [0.15, 0.2) is 0 Å². The highest BCUT2D eigenvalue weighted by atomic mass is 32.2. The monoisotopic (exact) mass is 267 g/mol. The summed E-state index contributed by atoms with van der Waals surface area (Å²) in [5.41, 5.74) is 4.86. The minimum Gasteiger partial charge on any atom is -0.478 e. The molecule has 2 rings (SSSR count). The fourth-order valence-corrected chi connectivity index (χ4v) is 2.50. The Labute approximate surface area is 102 Å². The number of anilines is 1. The van der Waals surface area contributed by atoms with Crippen LogP contribution < -0.4 is 5.73 Å². The van der Waals surface area contributed by atoms with Gasteiger partial charge in [0.25, 0.3) is 10.1 Å². The molecule has 0 atom stereocenters. The topological polar surface area (TPSA) is 118 Å². The standard InChI is InChI=1S/C11H9NO5S/c12-10-7-4-2-1-3-6(7)5-8(18(15,16)17)9(10)11(13)14/h1-5H,12H2,(H,13,14)(H,15,16,17). The number of aromatic carboxylic acids is 1. The van der Waals surface area contributed by atoms with Crippen molar-refractivity contribution in [1.82, 2.24) is 0 Å². The van der Waals surface area contributed by atoms with Gasteiger partial charge < -0.3 is 10.8 Å². The van der Waals surface area contributed by atoms with E-state index in [0.717, 1.165) is 6.07 Å². The SMILES string of the molecule is Nc1c(C(=O)O)c(S(=O)(=O)O)cc2ccccc12. The lowest BCUT2D eigenvalue weighted by Gasteiger charge is -2.10. The maximum Gasteiger partial charge on any atom is 0.339 e. The van der Waals surface area contributed by atoms with Crippen LogP contribution in [0.5, 0.6) is 0 Å². The number of carbonyl (C=O) groups is 1. The number of carboxylic acid groups (broad SMARTS) is 1. The highest BCUT2D eigenvalue weighted by Crippen LogP contribution is 2.30. The molecule has 7 heteroatoms. The maximum atomic E-state index is 11.2. The van der Waals surface area contributed by atoms with Crippen molar-refractivity contribution in [2.45, 2.75) is 4.90 Å². The van der Waals surface area contributed by atoms with E-state index in [1.165, 1.54) is 0 Å². The van der Waals surface area contributed by atoms with Crippen LogP contribution in [0.4, 0.5) is 5.69 Å². The first-order valence-electron chi connectivity index (χ1n) is 4.84. The van der Waals surface area contributed by atoms with E-state index in [-0.39, 0.29) is 5.69 Å². The van der Waals surface area contributed by atoms with Gasteiger partial charge in [-0.3, -0.25) is 4.55 Å². The third kappa shape index (κ3) is 1.89. The second-order valence-corrected chi connectivity index (χ2v) is 5.05. The number of carboxylic acids is 1. The van der Waals surface area contributed by atoms with Crippen LogP contribution in [0.1, 0.15) is 10.4 Å². The number of hydrogen-bond acceptors (Lipinski definition) is 4. The normalized spacial score (nSPS) is 11.6. The number of fused-ring (bicyclic) bond motifs is 1. The Balaban J connectivity index is 3.02. The molecule has 0 aliphatic carbocycles. The Kier molecular flexibility index (Phi) is 2.72. The van der Waals surface area contributed by atoms with Gasteiger partial charge in [0.1, 0.15) is 10.5 Å². The Bertz CT molecular complexity index is 751. The van der Waals surface area contributed by atoms with Crippen molar-refractivity contribution in [3.05, 3.63) is 35.9 Å². The number of hydrogen-bond donors (Lipinski definition) is 3. The Morgan fingerprint density at radius 3 is 2.39 bits per heavy atom. The summed E-state index contributed by atoms with van der Waals surface area (Å²) in [6, 6.07) is 7.54. The van der Waals surface area contributed by atoms with Gasteiger partial charge in [-0.1, -0.05) is 24.3 Å². The second kappa shape index (κ2) is 3.97. The molecule has 2 aromatic carbocycles. The summed E-state index contributed by atoms with van der Waals surface area (Å²) < 4.78 is 31.4. The zero-order valence-electron chi connectivity index (χ0n) is 8.99. The fraction of sp³-hybridized carbons (Fsp3) is 0. The molecular weight excluding hydrogens is 258 g/mol. The second-order valence-electron chi connectivity index (χ2n) is 3.66. The van der Waals surface area contributed by atoms with Gasteiger partial charge in [0, 0.05) is 5.39 Å². The lowest BCUT2D eigenvalue weighted by atomic mass is 10.0. The van der Waals surface area contributed by atoms with E-state index >= 15 is 0 Å². The third-order valence-electron chi connectivity index (χ3n) is 2.55. The van der Waals surface area contributed by atoms with E-state index < -0.39 is 26.5 Å². The third-order valence-corrected chi connectivity index (χ3v) is 3.42. The number of benzene rings is 2. The van der Waals surface area contributed by atoms with Gasteiger partial charge in [-0.15, -0.1) is 0 Å². The van der Waals surface area contributed by atoms with Crippen LogP contribution in [-0.2, 0) is 10.1 Å². The largest absolute Gasteiger partial charge is 0.478 e. The molecule has 0 fully saturated rings. The smallest absolute Gasteiger partial charge is 0.339 e. The minimum absolute atomic E-state index is 0.187. The highest BCUT2D eigenvalue weighted by molar-refractivity contribution is 7.86. The van der Waals surface area contributed by atoms with Gasteiger partial charge in [0.05, 0.1) is 5.69 Å². The summed E-state index contributed by atoms with van der Waals surface area (Å²) >= 11 is 0. The average molecular weight is 267 g/mol. The molecule has 0 aromatic heterocycles. The van der Waals surface area contributed by atoms with Crippen molar-refractivity contribution in [2.75, 3.05) is 5.73 Å². The molecule has 0 aliphatic rings. The minimum atomic E-state index is -4.65. The van der Waals surface area contributed by atoms with Gasteiger partial charge in [-0.05, 0) is 11.5 Å². The highest BCUT2D eigenvalue weighted by Gasteiger charge is 2.24. The first kappa shape index (κ1) is 12.3. The van der Waals surface area contributed by atoms with Gasteiger partial charge in [-0.2, -0.15) is 8.42 Å². The first-order valence-corrected chi connectivity index (χ1v) is 6.28. The van der Waals surface area contributed by atoms with Crippen LogP contribution in [-0.4, -0.2) is 24.0 Å². The molecule has 0 radical (unpaired) electrons. The van der Waals surface area contributed by atoms with Gasteiger partial charge >= 0.3 is 5.97 Å². The fourth-order valence-electron chi connectivity index (χ4n) is 1.77. The van der Waals surface area contributed by atoms with Crippen molar-refractivity contribution in [3.8, 4) is 0 Å². The van der Waals surface area contributed by atoms with Gasteiger partial charge in [-0.25, -0.2) is 4.79 Å². The van der Waals surface area contributed by atoms with Crippen LogP contribution in [0, 0.1) is 0 Å². The average Bonchev–Trinajstić information content (AvgIpc) is 2.27. The zero-order chi connectivity index (χ0) is 13.5. The number of nitrogens with two attached hydrogens (primary N) is 1. The van der Waals surface area contributed by atoms with Crippen molar-refractivity contribution >= 4 is 32.5 Å². The quantitative estimate of drug-likeness (QED) is 0.558. The molecule has 0 saturated heterocycles. The van der Waals surface area contributed by atoms with E-state index in [2.05, 4.69) is 0 Å². The predicted octanol–water partition coefficient (Wildman–Crippen LogP) is 1.37. The molecule has 0 aliphatic heterocycles. The van der Waals surface area contributed by atoms with Crippen LogP contribution >= 0.6 is 0 Å². The molecule has 0 unspecified atom stereocenters. The van der Waals surface area contributed by atoms with E-state index in [1.807, 2.05) is 0 Å². The van der Waals surface area contributed by atoms with Crippen LogP contribution in [0.25, 0.3) is 10.8 Å². The van der Waals surface area contributed by atoms with Crippen molar-refractivity contribution in [1.29, 1.82) is 0 Å². The number of rotatable bonds is 2. The Morgan fingerprint density at radius 1 is 1.22 bits per heavy atom. The summed E-state index contributed by atoms with van der Waals surface area (Å²) in [5.74, 6) is -1.51. The van der Waals surface area contributed by atoms with Crippen LogP contribution in [0.3, 0.4) is 0 Å². The summed E-state index contributed by atoms with van der Waals surface area (Å²) in [5, 5.41) is 9.87. The lowest BCUT2D eigenvalue weighted by Crippen LogP contribution is -2.11. The zero-order valence-corrected chi connectivity index (χ0v) is 9.81. The van der Waals surface area contributed by atoms with E-state index in [1.54, 1.807) is 24.3 Å². The molecule has 94 valence electrons. The summed E-state index contributed by atoms with van der Waals surface area (Å²) in [7, 11) is -4.65. The van der Waals surface area contributed by atoms with Crippen LogP contribution in [0.2, 0.25) is 0 Å². The molecule has 0 saturated carbocycles. The van der Waals surface area contributed by atoms with Crippen molar-refractivity contribution in [3.63, 3.8) is 0 Å². The molecule has 0 heterocycles. The molecule has 0 amide bonds. The molecule has 6 nitrogen and oxygen atoms in total. The number of nitrogen functional groups attached to an aromatic ring is 1. The maximum absolute atomic E-state index is 11.2. The van der Waals surface area contributed by atoms with E-state index in [9.17, 15) is 13.2 Å². The summed E-state index contributed by atoms with van der Waals surface area (Å²) in [6.45, 7) is 0. The molecular formula is C11H9NO5S. The van der Waals surface area contributed by atoms with Crippen LogP contribution in [0.15, 0.2) is 35.2 Å². The van der Waals surface area contributed by atoms with Crippen molar-refractivity contribution < 1.29 is 22.9 Å². The molecule has 0 bridgehead atoms. The van der Waals surface area contributed by atoms with E-state index in [0.29, 0.717) is 10.8 Å². The van der Waals surface area contributed by atoms with Gasteiger partial charge in [0.2, 0.25) is 0 Å². The van der Waals surface area contributed by atoms with Crippen molar-refractivity contribution in [2.24, 2.45) is 0 Å². The first-order chi connectivity index (χ1) is 8.32. The summed E-state index contributed by atoms with van der Waals surface area (Å²) in [4.78, 5) is 10.4. The van der Waals surface area contributed by atoms with E-state index in [4.69, 9.17) is 15.4 Å². The molecule has 18 heavy (non-hydrogen) atoms. The Hall–Kier alpha value is -2.12. The summed E-state index contributed by atoms with van der Waals surface area (Å²) in [6.07, 6.45) is 0. The molecule has 4 N–H and O–H groups in total. The Morgan fingerprint density at radius 2 is 1.83 bits per heavy atom.